The number of aliphatic carboxylic acids is 1. The van der Waals surface area contributed by atoms with Crippen LogP contribution in [0, 0.1) is 13.8 Å². The highest BCUT2D eigenvalue weighted by Crippen LogP contribution is 2.25. The number of hydrogen-bond donors (Lipinski definition) is 3. The largest absolute Gasteiger partial charge is 0.481 e. The van der Waals surface area contributed by atoms with Crippen molar-refractivity contribution in [3.05, 3.63) is 34.9 Å². The van der Waals surface area contributed by atoms with Gasteiger partial charge in [-0.3, -0.25) is 4.79 Å². The van der Waals surface area contributed by atoms with Crippen molar-refractivity contribution in [1.82, 2.24) is 5.32 Å². The van der Waals surface area contributed by atoms with Gasteiger partial charge in [-0.1, -0.05) is 23.8 Å². The molecule has 0 amide bonds. The average Bonchev–Trinajstić information content (AvgIpc) is 2.32. The zero-order valence-corrected chi connectivity index (χ0v) is 13.6. The molecule has 2 unspecified atom stereocenters. The van der Waals surface area contributed by atoms with E-state index in [1.165, 1.54) is 0 Å². The predicted octanol–water partition coefficient (Wildman–Crippen LogP) is 2.96. The van der Waals surface area contributed by atoms with E-state index in [1.54, 1.807) is 0 Å². The second-order valence-corrected chi connectivity index (χ2v) is 6.74. The van der Waals surface area contributed by atoms with Crippen LogP contribution in [0.15, 0.2) is 18.2 Å². The van der Waals surface area contributed by atoms with Crippen LogP contribution < -0.4 is 5.32 Å². The van der Waals surface area contributed by atoms with E-state index in [0.29, 0.717) is 6.42 Å². The second-order valence-electron chi connectivity index (χ2n) is 6.74. The van der Waals surface area contributed by atoms with E-state index >= 15 is 0 Å². The Morgan fingerprint density at radius 2 is 1.90 bits per heavy atom. The maximum atomic E-state index is 10.8. The summed E-state index contributed by atoms with van der Waals surface area (Å²) in [7, 11) is 0. The minimum absolute atomic E-state index is 0.0374. The van der Waals surface area contributed by atoms with Crippen LogP contribution in [-0.2, 0) is 4.79 Å². The smallest absolute Gasteiger partial charge is 0.303 e. The number of nitrogens with one attached hydrogen (secondary N) is 1. The molecule has 0 fully saturated rings. The molecule has 4 nitrogen and oxygen atoms in total. The van der Waals surface area contributed by atoms with Crippen molar-refractivity contribution in [2.24, 2.45) is 0 Å². The fourth-order valence-corrected chi connectivity index (χ4v) is 2.52. The number of aryl methyl sites for hydroxylation is 2. The molecule has 1 aromatic rings. The van der Waals surface area contributed by atoms with Crippen molar-refractivity contribution < 1.29 is 15.0 Å². The first-order valence-electron chi connectivity index (χ1n) is 7.35. The Kier molecular flexibility index (Phi) is 5.93. The minimum atomic E-state index is -0.844. The maximum absolute atomic E-state index is 10.8. The van der Waals surface area contributed by atoms with E-state index in [1.807, 2.05) is 52.8 Å². The number of carboxylic acids is 1. The van der Waals surface area contributed by atoms with Gasteiger partial charge < -0.3 is 15.5 Å². The molecule has 4 heteroatoms. The van der Waals surface area contributed by atoms with E-state index < -0.39 is 12.1 Å². The Morgan fingerprint density at radius 3 is 2.38 bits per heavy atom. The number of carboxylic acid groups (broad SMARTS) is 1. The third kappa shape index (κ3) is 5.86. The highest BCUT2D eigenvalue weighted by atomic mass is 16.4. The van der Waals surface area contributed by atoms with Crippen molar-refractivity contribution in [2.75, 3.05) is 0 Å². The maximum Gasteiger partial charge on any atom is 0.303 e. The Bertz CT molecular complexity index is 491. The molecular weight excluding hydrogens is 266 g/mol. The quantitative estimate of drug-likeness (QED) is 0.754. The van der Waals surface area contributed by atoms with Crippen LogP contribution in [0.25, 0.3) is 0 Å². The van der Waals surface area contributed by atoms with Gasteiger partial charge in [0, 0.05) is 18.0 Å². The molecule has 0 aliphatic carbocycles. The van der Waals surface area contributed by atoms with Crippen LogP contribution in [-0.4, -0.2) is 27.8 Å². The monoisotopic (exact) mass is 293 g/mol. The lowest BCUT2D eigenvalue weighted by molar-refractivity contribution is -0.137. The number of aliphatic hydroxyl groups is 1. The van der Waals surface area contributed by atoms with Gasteiger partial charge in [0.05, 0.1) is 6.10 Å². The second kappa shape index (κ2) is 7.05. The summed E-state index contributed by atoms with van der Waals surface area (Å²) in [5.41, 5.74) is 2.84. The molecule has 21 heavy (non-hydrogen) atoms. The zero-order chi connectivity index (χ0) is 16.2. The average molecular weight is 293 g/mol. The van der Waals surface area contributed by atoms with Gasteiger partial charge in [0.25, 0.3) is 0 Å². The van der Waals surface area contributed by atoms with Crippen LogP contribution in [0.3, 0.4) is 0 Å². The number of benzene rings is 1. The van der Waals surface area contributed by atoms with Crippen molar-refractivity contribution in [3.8, 4) is 0 Å². The van der Waals surface area contributed by atoms with Gasteiger partial charge in [-0.2, -0.15) is 0 Å². The summed E-state index contributed by atoms with van der Waals surface area (Å²) in [6.45, 7) is 10.0. The summed E-state index contributed by atoms with van der Waals surface area (Å²) >= 11 is 0. The molecule has 0 saturated carbocycles. The summed E-state index contributed by atoms with van der Waals surface area (Å²) < 4.78 is 0. The molecule has 0 bridgehead atoms. The number of aliphatic hydroxyl groups excluding tert-OH is 1. The molecule has 0 heterocycles. The highest BCUT2D eigenvalue weighted by molar-refractivity contribution is 5.66. The lowest BCUT2D eigenvalue weighted by atomic mass is 9.92. The van der Waals surface area contributed by atoms with Gasteiger partial charge >= 0.3 is 5.97 Å². The molecule has 0 aliphatic heterocycles. The molecule has 0 saturated heterocycles. The number of hydrogen-bond acceptors (Lipinski definition) is 3. The SMILES string of the molecule is Cc1ccc(C(O)C(CCC(=O)O)NC(C)(C)C)c(C)c1. The molecule has 3 N–H and O–H groups in total. The number of rotatable bonds is 6. The Balaban J connectivity index is 2.97. The summed E-state index contributed by atoms with van der Waals surface area (Å²) in [5.74, 6) is -0.844. The molecule has 0 radical (unpaired) electrons. The Hall–Kier alpha value is -1.39. The molecule has 2 atom stereocenters. The Labute approximate surface area is 127 Å². The van der Waals surface area contributed by atoms with Gasteiger partial charge in [0.2, 0.25) is 0 Å². The zero-order valence-electron chi connectivity index (χ0n) is 13.6. The molecule has 1 aromatic carbocycles. The highest BCUT2D eigenvalue weighted by Gasteiger charge is 2.26. The van der Waals surface area contributed by atoms with Gasteiger partial charge in [-0.25, -0.2) is 0 Å². The molecular formula is C17H27NO3. The molecule has 0 aromatic heterocycles. The third-order valence-corrected chi connectivity index (χ3v) is 3.41. The van der Waals surface area contributed by atoms with Gasteiger partial charge in [-0.05, 0) is 52.2 Å². The molecule has 1 rings (SSSR count). The van der Waals surface area contributed by atoms with E-state index in [-0.39, 0.29) is 18.0 Å². The molecule has 0 aliphatic rings. The third-order valence-electron chi connectivity index (χ3n) is 3.41. The first-order chi connectivity index (χ1) is 9.60. The van der Waals surface area contributed by atoms with Crippen LogP contribution in [0.2, 0.25) is 0 Å². The van der Waals surface area contributed by atoms with Gasteiger partial charge in [0.15, 0.2) is 0 Å². The standard InChI is InChI=1S/C17H27NO3/c1-11-6-7-13(12(2)10-11)16(21)14(8-9-15(19)20)18-17(3,4)5/h6-7,10,14,16,18,21H,8-9H2,1-5H3,(H,19,20). The van der Waals surface area contributed by atoms with Crippen molar-refractivity contribution in [1.29, 1.82) is 0 Å². The Morgan fingerprint density at radius 1 is 1.29 bits per heavy atom. The molecule has 118 valence electrons. The fourth-order valence-electron chi connectivity index (χ4n) is 2.52. The van der Waals surface area contributed by atoms with Crippen LogP contribution in [0.4, 0.5) is 0 Å². The van der Waals surface area contributed by atoms with Crippen LogP contribution in [0.5, 0.6) is 0 Å². The predicted molar refractivity (Wildman–Crippen MR) is 84.4 cm³/mol. The summed E-state index contributed by atoms with van der Waals surface area (Å²) in [6.07, 6.45) is -0.291. The molecule has 0 spiro atoms. The summed E-state index contributed by atoms with van der Waals surface area (Å²) in [4.78, 5) is 10.8. The lowest BCUT2D eigenvalue weighted by Crippen LogP contribution is -2.47. The topological polar surface area (TPSA) is 69.6 Å². The normalized spacial score (nSPS) is 14.8. The van der Waals surface area contributed by atoms with E-state index in [9.17, 15) is 9.90 Å². The van der Waals surface area contributed by atoms with E-state index in [2.05, 4.69) is 5.32 Å². The van der Waals surface area contributed by atoms with Gasteiger partial charge in [-0.15, -0.1) is 0 Å². The first kappa shape index (κ1) is 17.7. The van der Waals surface area contributed by atoms with E-state index in [0.717, 1.165) is 16.7 Å². The summed E-state index contributed by atoms with van der Waals surface area (Å²) in [6, 6.07) is 5.64. The summed E-state index contributed by atoms with van der Waals surface area (Å²) in [5, 5.41) is 22.9. The van der Waals surface area contributed by atoms with Crippen molar-refractivity contribution in [2.45, 2.75) is 65.1 Å². The van der Waals surface area contributed by atoms with Crippen LogP contribution in [0.1, 0.15) is 56.4 Å². The fraction of sp³-hybridized carbons (Fsp3) is 0.588. The first-order valence-corrected chi connectivity index (χ1v) is 7.35. The van der Waals surface area contributed by atoms with Crippen molar-refractivity contribution in [3.63, 3.8) is 0 Å². The number of carbonyl (C=O) groups is 1. The van der Waals surface area contributed by atoms with E-state index in [4.69, 9.17) is 5.11 Å². The minimum Gasteiger partial charge on any atom is -0.481 e. The van der Waals surface area contributed by atoms with Gasteiger partial charge in [0.1, 0.15) is 0 Å². The van der Waals surface area contributed by atoms with Crippen molar-refractivity contribution >= 4 is 5.97 Å². The van der Waals surface area contributed by atoms with Crippen LogP contribution >= 0.6 is 0 Å². The lowest BCUT2D eigenvalue weighted by Gasteiger charge is -2.32.